The van der Waals surface area contributed by atoms with Gasteiger partial charge in [-0.15, -0.1) is 24.0 Å². The summed E-state index contributed by atoms with van der Waals surface area (Å²) in [7, 11) is 7.13. The van der Waals surface area contributed by atoms with Crippen molar-refractivity contribution in [2.45, 2.75) is 13.1 Å². The molecule has 1 aromatic heterocycles. The third kappa shape index (κ3) is 6.04. The van der Waals surface area contributed by atoms with Gasteiger partial charge in [0.1, 0.15) is 0 Å². The van der Waals surface area contributed by atoms with Crippen LogP contribution in [0.25, 0.3) is 0 Å². The highest BCUT2D eigenvalue weighted by Gasteiger charge is 2.07. The van der Waals surface area contributed by atoms with E-state index in [1.807, 2.05) is 42.1 Å². The molecule has 0 saturated heterocycles. The molecule has 0 spiro atoms. The van der Waals surface area contributed by atoms with Crippen molar-refractivity contribution in [3.63, 3.8) is 0 Å². The third-order valence-corrected chi connectivity index (χ3v) is 3.65. The SMILES string of the molecule is CN=C(NCc1ccc(C(=O)N(C)C)cc1)NCc1ccnn1C.I. The number of aryl methyl sites for hydroxylation is 1. The van der Waals surface area contributed by atoms with Gasteiger partial charge in [0.2, 0.25) is 0 Å². The van der Waals surface area contributed by atoms with Crippen LogP contribution in [0.1, 0.15) is 21.6 Å². The van der Waals surface area contributed by atoms with Gasteiger partial charge in [0.05, 0.1) is 12.2 Å². The van der Waals surface area contributed by atoms with E-state index in [2.05, 4.69) is 20.7 Å². The van der Waals surface area contributed by atoms with Gasteiger partial charge in [0.25, 0.3) is 5.91 Å². The molecule has 2 rings (SSSR count). The average Bonchev–Trinajstić information content (AvgIpc) is 3.00. The maximum Gasteiger partial charge on any atom is 0.253 e. The molecule has 0 aliphatic rings. The summed E-state index contributed by atoms with van der Waals surface area (Å²) in [4.78, 5) is 17.6. The average molecular weight is 456 g/mol. The van der Waals surface area contributed by atoms with Crippen LogP contribution in [0, 0.1) is 0 Å². The first-order chi connectivity index (χ1) is 11.5. The molecule has 0 fully saturated rings. The molecule has 7 nitrogen and oxygen atoms in total. The van der Waals surface area contributed by atoms with Gasteiger partial charge in [0.15, 0.2) is 5.96 Å². The Morgan fingerprint density at radius 3 is 2.32 bits per heavy atom. The predicted octanol–water partition coefficient (Wildman–Crippen LogP) is 1.61. The van der Waals surface area contributed by atoms with Crippen molar-refractivity contribution in [2.24, 2.45) is 12.0 Å². The minimum Gasteiger partial charge on any atom is -0.352 e. The summed E-state index contributed by atoms with van der Waals surface area (Å²) in [6.45, 7) is 1.27. The summed E-state index contributed by atoms with van der Waals surface area (Å²) in [6.07, 6.45) is 1.77. The molecule has 1 amide bonds. The Kier molecular flexibility index (Phi) is 8.39. The topological polar surface area (TPSA) is 74.6 Å². The minimum atomic E-state index is 0. The quantitative estimate of drug-likeness (QED) is 0.408. The van der Waals surface area contributed by atoms with Crippen molar-refractivity contribution >= 4 is 35.8 Å². The first-order valence-corrected chi connectivity index (χ1v) is 7.73. The second-order valence-electron chi connectivity index (χ2n) is 5.62. The number of hydrogen-bond acceptors (Lipinski definition) is 3. The fourth-order valence-corrected chi connectivity index (χ4v) is 2.18. The van der Waals surface area contributed by atoms with Crippen LogP contribution >= 0.6 is 24.0 Å². The molecule has 0 saturated carbocycles. The Morgan fingerprint density at radius 1 is 1.16 bits per heavy atom. The fourth-order valence-electron chi connectivity index (χ4n) is 2.18. The van der Waals surface area contributed by atoms with Crippen LogP contribution in [0.5, 0.6) is 0 Å². The molecule has 8 heteroatoms. The summed E-state index contributed by atoms with van der Waals surface area (Å²) < 4.78 is 1.82. The van der Waals surface area contributed by atoms with Gasteiger partial charge >= 0.3 is 0 Å². The first-order valence-electron chi connectivity index (χ1n) is 7.73. The number of hydrogen-bond donors (Lipinski definition) is 2. The number of aromatic nitrogens is 2. The van der Waals surface area contributed by atoms with Crippen molar-refractivity contribution < 1.29 is 4.79 Å². The summed E-state index contributed by atoms with van der Waals surface area (Å²) in [5.41, 5.74) is 2.83. The number of amides is 1. The standard InChI is InChI=1S/C17H24N6O.HI/c1-18-17(20-12-15-9-10-21-23(15)4)19-11-13-5-7-14(8-6-13)16(24)22(2)3;/h5-10H,11-12H2,1-4H3,(H2,18,19,20);1H. The molecule has 1 aromatic carbocycles. The monoisotopic (exact) mass is 456 g/mol. The maximum atomic E-state index is 11.9. The van der Waals surface area contributed by atoms with Crippen LogP contribution in [0.3, 0.4) is 0 Å². The lowest BCUT2D eigenvalue weighted by Crippen LogP contribution is -2.36. The zero-order chi connectivity index (χ0) is 17.5. The summed E-state index contributed by atoms with van der Waals surface area (Å²) >= 11 is 0. The second kappa shape index (κ2) is 10.0. The number of benzene rings is 1. The highest BCUT2D eigenvalue weighted by Crippen LogP contribution is 2.06. The highest BCUT2D eigenvalue weighted by atomic mass is 127. The number of rotatable bonds is 5. The molecular formula is C17H25IN6O. The van der Waals surface area contributed by atoms with Crippen molar-refractivity contribution in [1.29, 1.82) is 0 Å². The zero-order valence-corrected chi connectivity index (χ0v) is 17.3. The zero-order valence-electron chi connectivity index (χ0n) is 15.0. The van der Waals surface area contributed by atoms with Gasteiger partial charge in [0, 0.05) is 46.5 Å². The number of nitrogens with one attached hydrogen (secondary N) is 2. The Bertz CT molecular complexity index is 708. The Hall–Kier alpha value is -2.10. The molecular weight excluding hydrogens is 431 g/mol. The molecule has 2 aromatic rings. The van der Waals surface area contributed by atoms with Crippen molar-refractivity contribution in [1.82, 2.24) is 25.3 Å². The molecule has 1 heterocycles. The lowest BCUT2D eigenvalue weighted by Gasteiger charge is -2.13. The molecule has 25 heavy (non-hydrogen) atoms. The molecule has 136 valence electrons. The number of aliphatic imine (C=N–C) groups is 1. The number of carbonyl (C=O) groups is 1. The Balaban J connectivity index is 0.00000312. The van der Waals surface area contributed by atoms with Gasteiger partial charge in [-0.25, -0.2) is 0 Å². The van der Waals surface area contributed by atoms with E-state index in [1.165, 1.54) is 0 Å². The van der Waals surface area contributed by atoms with Gasteiger partial charge in [-0.05, 0) is 23.8 Å². The first kappa shape index (κ1) is 20.9. The molecule has 2 N–H and O–H groups in total. The second-order valence-corrected chi connectivity index (χ2v) is 5.62. The van der Waals surface area contributed by atoms with Crippen molar-refractivity contribution in [2.75, 3.05) is 21.1 Å². The smallest absolute Gasteiger partial charge is 0.253 e. The van der Waals surface area contributed by atoms with Crippen LogP contribution in [-0.4, -0.2) is 47.7 Å². The van der Waals surface area contributed by atoms with Crippen LogP contribution in [0.15, 0.2) is 41.5 Å². The third-order valence-electron chi connectivity index (χ3n) is 3.65. The predicted molar refractivity (Wildman–Crippen MR) is 110 cm³/mol. The Labute approximate surface area is 165 Å². The van der Waals surface area contributed by atoms with Crippen LogP contribution in [0.4, 0.5) is 0 Å². The number of halogens is 1. The molecule has 0 atom stereocenters. The normalized spacial score (nSPS) is 10.8. The van der Waals surface area contributed by atoms with E-state index in [-0.39, 0.29) is 29.9 Å². The van der Waals surface area contributed by atoms with Crippen LogP contribution in [0.2, 0.25) is 0 Å². The minimum absolute atomic E-state index is 0. The number of nitrogens with zero attached hydrogens (tertiary/aromatic N) is 4. The molecule has 0 radical (unpaired) electrons. The van der Waals surface area contributed by atoms with Gasteiger partial charge in [-0.3, -0.25) is 14.5 Å². The largest absolute Gasteiger partial charge is 0.352 e. The van der Waals surface area contributed by atoms with E-state index in [1.54, 1.807) is 32.2 Å². The summed E-state index contributed by atoms with van der Waals surface area (Å²) in [6, 6.07) is 9.52. The molecule has 0 bridgehead atoms. The van der Waals surface area contributed by atoms with E-state index in [4.69, 9.17) is 0 Å². The summed E-state index contributed by atoms with van der Waals surface area (Å²) in [5, 5.41) is 10.6. The summed E-state index contributed by atoms with van der Waals surface area (Å²) in [5.74, 6) is 0.716. The molecule has 0 aliphatic carbocycles. The van der Waals surface area contributed by atoms with Crippen LogP contribution < -0.4 is 10.6 Å². The Morgan fingerprint density at radius 2 is 1.80 bits per heavy atom. The molecule has 0 unspecified atom stereocenters. The fraction of sp³-hybridized carbons (Fsp3) is 0.353. The van der Waals surface area contributed by atoms with E-state index >= 15 is 0 Å². The van der Waals surface area contributed by atoms with E-state index in [9.17, 15) is 4.79 Å². The van der Waals surface area contributed by atoms with Crippen LogP contribution in [-0.2, 0) is 20.1 Å². The highest BCUT2D eigenvalue weighted by molar-refractivity contribution is 14.0. The number of guanidine groups is 1. The van der Waals surface area contributed by atoms with Crippen molar-refractivity contribution in [3.8, 4) is 0 Å². The van der Waals surface area contributed by atoms with Gasteiger partial charge in [-0.1, -0.05) is 12.1 Å². The van der Waals surface area contributed by atoms with E-state index in [0.29, 0.717) is 24.6 Å². The number of carbonyl (C=O) groups excluding carboxylic acids is 1. The van der Waals surface area contributed by atoms with Crippen molar-refractivity contribution in [3.05, 3.63) is 53.3 Å². The van der Waals surface area contributed by atoms with Gasteiger partial charge < -0.3 is 15.5 Å². The molecule has 0 aliphatic heterocycles. The lowest BCUT2D eigenvalue weighted by atomic mass is 10.1. The van der Waals surface area contributed by atoms with E-state index in [0.717, 1.165) is 11.3 Å². The maximum absolute atomic E-state index is 11.9. The van der Waals surface area contributed by atoms with Gasteiger partial charge in [-0.2, -0.15) is 5.10 Å². The lowest BCUT2D eigenvalue weighted by molar-refractivity contribution is 0.0827. The van der Waals surface area contributed by atoms with E-state index < -0.39 is 0 Å².